The molecule has 0 atom stereocenters. The van der Waals surface area contributed by atoms with E-state index < -0.39 is 0 Å². The van der Waals surface area contributed by atoms with Crippen LogP contribution in [0, 0.1) is 0 Å². The van der Waals surface area contributed by atoms with E-state index in [-0.39, 0.29) is 0 Å². The molecule has 0 saturated carbocycles. The third-order valence-corrected chi connectivity index (χ3v) is 10.9. The quantitative estimate of drug-likeness (QED) is 0.160. The van der Waals surface area contributed by atoms with Crippen LogP contribution in [0.3, 0.4) is 0 Å². The maximum Gasteiger partial charge on any atom is 0.0540 e. The van der Waals surface area contributed by atoms with E-state index in [2.05, 4.69) is 229 Å². The summed E-state index contributed by atoms with van der Waals surface area (Å²) in [6, 6.07) is 81.5. The van der Waals surface area contributed by atoms with Crippen LogP contribution >= 0.6 is 0 Å². The number of fused-ring (bicyclic) bond motifs is 3. The van der Waals surface area contributed by atoms with Crippen molar-refractivity contribution in [2.75, 3.05) is 4.90 Å². The number of rotatable bonds is 7. The van der Waals surface area contributed by atoms with Crippen LogP contribution in [0.5, 0.6) is 0 Å². The lowest BCUT2D eigenvalue weighted by Gasteiger charge is -2.27. The second-order valence-electron chi connectivity index (χ2n) is 14.1. The Labute approximate surface area is 322 Å². The number of anilines is 3. The molecule has 10 aromatic rings. The topological polar surface area (TPSA) is 3.24 Å². The molecule has 1 nitrogen and oxygen atoms in total. The van der Waals surface area contributed by atoms with Gasteiger partial charge >= 0.3 is 0 Å². The zero-order chi connectivity index (χ0) is 36.6. The lowest BCUT2D eigenvalue weighted by Crippen LogP contribution is -2.10. The molecule has 0 fully saturated rings. The molecular formula is C54H37N. The Bertz CT molecular complexity index is 2950. The first-order valence-electron chi connectivity index (χ1n) is 18.9. The molecule has 0 unspecified atom stereocenters. The van der Waals surface area contributed by atoms with E-state index in [4.69, 9.17) is 0 Å². The van der Waals surface area contributed by atoms with Gasteiger partial charge in [-0.3, -0.25) is 0 Å². The van der Waals surface area contributed by atoms with Crippen molar-refractivity contribution in [3.63, 3.8) is 0 Å². The molecule has 0 radical (unpaired) electrons. The summed E-state index contributed by atoms with van der Waals surface area (Å²) < 4.78 is 0. The molecule has 10 rings (SSSR count). The van der Waals surface area contributed by atoms with Gasteiger partial charge in [0.1, 0.15) is 0 Å². The van der Waals surface area contributed by atoms with Gasteiger partial charge in [0.2, 0.25) is 0 Å². The minimum absolute atomic E-state index is 1.11. The molecule has 0 aliphatic heterocycles. The fraction of sp³-hybridized carbons (Fsp3) is 0. The average molecular weight is 700 g/mol. The maximum atomic E-state index is 2.39. The molecule has 0 bridgehead atoms. The maximum absolute atomic E-state index is 2.39. The van der Waals surface area contributed by atoms with Crippen molar-refractivity contribution < 1.29 is 0 Å². The highest BCUT2D eigenvalue weighted by molar-refractivity contribution is 6.00. The average Bonchev–Trinajstić information content (AvgIpc) is 3.27. The third kappa shape index (κ3) is 6.12. The minimum atomic E-state index is 1.11. The molecule has 55 heavy (non-hydrogen) atoms. The molecule has 0 spiro atoms. The lowest BCUT2D eigenvalue weighted by molar-refractivity contribution is 1.30. The Morgan fingerprint density at radius 3 is 1.51 bits per heavy atom. The third-order valence-electron chi connectivity index (χ3n) is 10.9. The first-order chi connectivity index (χ1) is 27.3. The van der Waals surface area contributed by atoms with E-state index in [0.29, 0.717) is 0 Å². The molecule has 0 saturated heterocycles. The number of benzene rings is 10. The normalized spacial score (nSPS) is 11.3. The van der Waals surface area contributed by atoms with Crippen LogP contribution in [-0.4, -0.2) is 0 Å². The van der Waals surface area contributed by atoms with E-state index in [1.807, 2.05) is 0 Å². The fourth-order valence-corrected chi connectivity index (χ4v) is 8.09. The van der Waals surface area contributed by atoms with Crippen molar-refractivity contribution >= 4 is 49.4 Å². The lowest BCUT2D eigenvalue weighted by atomic mass is 9.90. The zero-order valence-electron chi connectivity index (χ0n) is 30.3. The standard InChI is InChI=1S/C54H37N/c1-2-13-42(14-3-1)53-37-45(30-35-51(53)46-25-24-38-12-4-5-17-44(38)36-46)39-26-31-47(32-27-39)55(54-23-11-19-41-16-7-9-21-52(41)54)48-33-28-43(29-34-48)50-22-10-18-40-15-6-8-20-49(40)50/h1-37H. The van der Waals surface area contributed by atoms with Gasteiger partial charge in [-0.25, -0.2) is 0 Å². The van der Waals surface area contributed by atoms with Gasteiger partial charge in [-0.05, 0) is 114 Å². The predicted octanol–water partition coefficient (Wildman–Crippen LogP) is 15.3. The van der Waals surface area contributed by atoms with Crippen molar-refractivity contribution in [1.82, 2.24) is 0 Å². The van der Waals surface area contributed by atoms with Crippen LogP contribution in [0.1, 0.15) is 0 Å². The van der Waals surface area contributed by atoms with E-state index in [1.165, 1.54) is 76.8 Å². The van der Waals surface area contributed by atoms with Gasteiger partial charge in [-0.2, -0.15) is 0 Å². The molecule has 10 aromatic carbocycles. The molecule has 0 aliphatic rings. The summed E-state index contributed by atoms with van der Waals surface area (Å²) in [5, 5.41) is 7.44. The molecule has 258 valence electrons. The summed E-state index contributed by atoms with van der Waals surface area (Å²) >= 11 is 0. The highest BCUT2D eigenvalue weighted by Crippen LogP contribution is 2.42. The van der Waals surface area contributed by atoms with Gasteiger partial charge in [-0.15, -0.1) is 0 Å². The van der Waals surface area contributed by atoms with Crippen molar-refractivity contribution in [3.8, 4) is 44.5 Å². The van der Waals surface area contributed by atoms with E-state index in [1.54, 1.807) is 0 Å². The Morgan fingerprint density at radius 1 is 0.236 bits per heavy atom. The van der Waals surface area contributed by atoms with Crippen LogP contribution in [0.2, 0.25) is 0 Å². The summed E-state index contributed by atoms with van der Waals surface area (Å²) in [7, 11) is 0. The second-order valence-corrected chi connectivity index (χ2v) is 14.1. The zero-order valence-corrected chi connectivity index (χ0v) is 30.3. The largest absolute Gasteiger partial charge is 0.310 e. The Morgan fingerprint density at radius 2 is 0.764 bits per heavy atom. The number of hydrogen-bond donors (Lipinski definition) is 0. The van der Waals surface area contributed by atoms with Gasteiger partial charge < -0.3 is 4.90 Å². The Hall–Kier alpha value is -7.22. The van der Waals surface area contributed by atoms with E-state index in [0.717, 1.165) is 17.1 Å². The smallest absolute Gasteiger partial charge is 0.0540 e. The Kier molecular flexibility index (Phi) is 8.24. The number of nitrogens with zero attached hydrogens (tertiary/aromatic N) is 1. The highest BCUT2D eigenvalue weighted by atomic mass is 15.1. The first-order valence-corrected chi connectivity index (χ1v) is 18.9. The second kappa shape index (κ2) is 14.0. The Balaban J connectivity index is 1.06. The SMILES string of the molecule is c1ccc(-c2cc(-c3ccc(N(c4ccc(-c5cccc6ccccc56)cc4)c4cccc5ccccc45)cc3)ccc2-c2ccc3ccccc3c2)cc1. The van der Waals surface area contributed by atoms with Crippen molar-refractivity contribution in [3.05, 3.63) is 224 Å². The summed E-state index contributed by atoms with van der Waals surface area (Å²) in [6.45, 7) is 0. The van der Waals surface area contributed by atoms with Gasteiger partial charge in [0.05, 0.1) is 5.69 Å². The molecule has 0 aliphatic carbocycles. The van der Waals surface area contributed by atoms with Crippen LogP contribution in [0.4, 0.5) is 17.1 Å². The fourth-order valence-electron chi connectivity index (χ4n) is 8.09. The van der Waals surface area contributed by atoms with E-state index in [9.17, 15) is 0 Å². The van der Waals surface area contributed by atoms with Gasteiger partial charge in [0.15, 0.2) is 0 Å². The van der Waals surface area contributed by atoms with Crippen LogP contribution in [0.15, 0.2) is 224 Å². The number of hydrogen-bond acceptors (Lipinski definition) is 1. The predicted molar refractivity (Wildman–Crippen MR) is 235 cm³/mol. The van der Waals surface area contributed by atoms with Gasteiger partial charge in [0.25, 0.3) is 0 Å². The van der Waals surface area contributed by atoms with Crippen molar-refractivity contribution in [2.45, 2.75) is 0 Å². The highest BCUT2D eigenvalue weighted by Gasteiger charge is 2.17. The van der Waals surface area contributed by atoms with Crippen LogP contribution in [-0.2, 0) is 0 Å². The molecule has 1 heteroatoms. The van der Waals surface area contributed by atoms with E-state index >= 15 is 0 Å². The molecule has 0 heterocycles. The first kappa shape index (κ1) is 32.4. The molecule has 0 amide bonds. The summed E-state index contributed by atoms with van der Waals surface area (Å²) in [5.41, 5.74) is 13.1. The molecular weight excluding hydrogens is 663 g/mol. The molecule has 0 aromatic heterocycles. The van der Waals surface area contributed by atoms with Crippen molar-refractivity contribution in [1.29, 1.82) is 0 Å². The van der Waals surface area contributed by atoms with Crippen molar-refractivity contribution in [2.24, 2.45) is 0 Å². The van der Waals surface area contributed by atoms with Crippen LogP contribution in [0.25, 0.3) is 76.8 Å². The van der Waals surface area contributed by atoms with Gasteiger partial charge in [0, 0.05) is 16.8 Å². The molecule has 0 N–H and O–H groups in total. The summed E-state index contributed by atoms with van der Waals surface area (Å²) in [5.74, 6) is 0. The minimum Gasteiger partial charge on any atom is -0.310 e. The van der Waals surface area contributed by atoms with Crippen LogP contribution < -0.4 is 4.90 Å². The monoisotopic (exact) mass is 699 g/mol. The summed E-state index contributed by atoms with van der Waals surface area (Å²) in [6.07, 6.45) is 0. The van der Waals surface area contributed by atoms with Gasteiger partial charge in [-0.1, -0.05) is 182 Å². The summed E-state index contributed by atoms with van der Waals surface area (Å²) in [4.78, 5) is 2.39.